The van der Waals surface area contributed by atoms with Crippen molar-refractivity contribution >= 4 is 5.82 Å². The van der Waals surface area contributed by atoms with E-state index in [4.69, 9.17) is 5.73 Å². The smallest absolute Gasteiger partial charge is 0.137 e. The van der Waals surface area contributed by atoms with E-state index in [0.29, 0.717) is 18.2 Å². The fraction of sp³-hybridized carbons (Fsp3) is 0.278. The second kappa shape index (κ2) is 6.25. The molecule has 1 fully saturated rings. The molecule has 0 amide bonds. The summed E-state index contributed by atoms with van der Waals surface area (Å²) in [7, 11) is 0. The second-order valence-corrected chi connectivity index (χ2v) is 6.25. The maximum absolute atomic E-state index is 13.5. The minimum atomic E-state index is -0.455. The summed E-state index contributed by atoms with van der Waals surface area (Å²) in [6.07, 6.45) is 7.97. The SMILES string of the molecule is Nc1ccnc(C2CNCCC2(c2ccc(F)cc2)n2ccnc2)n1. The predicted molar refractivity (Wildman–Crippen MR) is 92.4 cm³/mol. The molecule has 1 aliphatic rings. The maximum Gasteiger partial charge on any atom is 0.137 e. The van der Waals surface area contributed by atoms with E-state index >= 15 is 0 Å². The van der Waals surface area contributed by atoms with Crippen LogP contribution in [0.15, 0.2) is 55.2 Å². The van der Waals surface area contributed by atoms with Gasteiger partial charge in [-0.05, 0) is 36.7 Å². The van der Waals surface area contributed by atoms with Crippen LogP contribution in [0.25, 0.3) is 0 Å². The van der Waals surface area contributed by atoms with Crippen molar-refractivity contribution in [1.82, 2.24) is 24.8 Å². The molecule has 0 radical (unpaired) electrons. The quantitative estimate of drug-likeness (QED) is 0.762. The number of aromatic nitrogens is 4. The summed E-state index contributed by atoms with van der Waals surface area (Å²) in [5, 5.41) is 3.42. The Hall–Kier alpha value is -2.80. The van der Waals surface area contributed by atoms with Crippen LogP contribution in [0, 0.1) is 5.82 Å². The highest BCUT2D eigenvalue weighted by Gasteiger charge is 2.46. The fourth-order valence-electron chi connectivity index (χ4n) is 3.77. The Balaban J connectivity index is 1.92. The number of anilines is 1. The molecule has 128 valence electrons. The van der Waals surface area contributed by atoms with Gasteiger partial charge in [-0.25, -0.2) is 19.3 Å². The number of halogens is 1. The summed E-state index contributed by atoms with van der Waals surface area (Å²) >= 11 is 0. The third-order valence-electron chi connectivity index (χ3n) is 4.92. The average molecular weight is 338 g/mol. The minimum Gasteiger partial charge on any atom is -0.384 e. The van der Waals surface area contributed by atoms with Crippen LogP contribution in [0.2, 0.25) is 0 Å². The Bertz CT molecular complexity index is 848. The molecule has 0 bridgehead atoms. The molecule has 0 spiro atoms. The van der Waals surface area contributed by atoms with Crippen LogP contribution in [0.5, 0.6) is 0 Å². The summed E-state index contributed by atoms with van der Waals surface area (Å²) in [5.41, 5.74) is 6.44. The molecule has 6 nitrogen and oxygen atoms in total. The van der Waals surface area contributed by atoms with Gasteiger partial charge in [0.05, 0.1) is 17.8 Å². The molecular formula is C18H19FN6. The standard InChI is InChI=1S/C18H19FN6/c19-14-3-1-13(2-4-14)18(25-10-9-22-12-25)6-8-21-11-15(18)17-23-7-5-16(20)24-17/h1-5,7,9-10,12,15,21H,6,8,11H2,(H2,20,23,24). The van der Waals surface area contributed by atoms with Crippen molar-refractivity contribution in [2.75, 3.05) is 18.8 Å². The molecule has 1 aromatic carbocycles. The van der Waals surface area contributed by atoms with E-state index in [9.17, 15) is 4.39 Å². The summed E-state index contributed by atoms with van der Waals surface area (Å²) < 4.78 is 15.6. The van der Waals surface area contributed by atoms with Gasteiger partial charge in [-0.15, -0.1) is 0 Å². The van der Waals surface area contributed by atoms with Crippen molar-refractivity contribution in [3.05, 3.63) is 72.5 Å². The molecule has 1 saturated heterocycles. The molecule has 3 heterocycles. The zero-order valence-corrected chi connectivity index (χ0v) is 13.6. The molecule has 25 heavy (non-hydrogen) atoms. The van der Waals surface area contributed by atoms with E-state index in [1.807, 2.05) is 18.3 Å². The van der Waals surface area contributed by atoms with Crippen molar-refractivity contribution in [2.45, 2.75) is 17.9 Å². The molecule has 7 heteroatoms. The first kappa shape index (κ1) is 15.7. The Labute approximate surface area is 144 Å². The van der Waals surface area contributed by atoms with Crippen LogP contribution in [0.1, 0.15) is 23.7 Å². The summed E-state index contributed by atoms with van der Waals surface area (Å²) in [6, 6.07) is 8.33. The number of imidazole rings is 1. The van der Waals surface area contributed by atoms with E-state index in [1.54, 1.807) is 24.8 Å². The molecule has 2 unspecified atom stereocenters. The fourth-order valence-corrected chi connectivity index (χ4v) is 3.77. The van der Waals surface area contributed by atoms with Crippen molar-refractivity contribution in [3.8, 4) is 0 Å². The van der Waals surface area contributed by atoms with Crippen molar-refractivity contribution < 1.29 is 4.39 Å². The highest BCUT2D eigenvalue weighted by molar-refractivity contribution is 5.34. The zero-order chi connectivity index (χ0) is 17.3. The van der Waals surface area contributed by atoms with E-state index in [2.05, 4.69) is 24.8 Å². The van der Waals surface area contributed by atoms with E-state index < -0.39 is 5.54 Å². The number of piperidine rings is 1. The number of nitrogens with zero attached hydrogens (tertiary/aromatic N) is 4. The Morgan fingerprint density at radius 2 is 2.04 bits per heavy atom. The minimum absolute atomic E-state index is 0.0654. The van der Waals surface area contributed by atoms with E-state index in [0.717, 1.165) is 18.5 Å². The molecular weight excluding hydrogens is 319 g/mol. The first-order chi connectivity index (χ1) is 12.2. The number of benzene rings is 1. The van der Waals surface area contributed by atoms with Crippen molar-refractivity contribution in [1.29, 1.82) is 0 Å². The first-order valence-electron chi connectivity index (χ1n) is 8.24. The molecule has 0 saturated carbocycles. The number of nitrogens with one attached hydrogen (secondary N) is 1. The van der Waals surface area contributed by atoms with Gasteiger partial charge in [0.25, 0.3) is 0 Å². The maximum atomic E-state index is 13.5. The van der Waals surface area contributed by atoms with Gasteiger partial charge in [0, 0.05) is 25.1 Å². The topological polar surface area (TPSA) is 81.6 Å². The van der Waals surface area contributed by atoms with Gasteiger partial charge in [0.2, 0.25) is 0 Å². The number of hydrogen-bond donors (Lipinski definition) is 2. The highest BCUT2D eigenvalue weighted by atomic mass is 19.1. The molecule has 4 rings (SSSR count). The van der Waals surface area contributed by atoms with Crippen LogP contribution in [0.3, 0.4) is 0 Å². The van der Waals surface area contributed by atoms with Crippen LogP contribution in [0.4, 0.5) is 10.2 Å². The zero-order valence-electron chi connectivity index (χ0n) is 13.6. The number of nitrogen functional groups attached to an aromatic ring is 1. The summed E-state index contributed by atoms with van der Waals surface area (Å²) in [4.78, 5) is 13.2. The third kappa shape index (κ3) is 2.66. The van der Waals surface area contributed by atoms with Crippen LogP contribution >= 0.6 is 0 Å². The largest absolute Gasteiger partial charge is 0.384 e. The molecule has 0 aliphatic carbocycles. The normalized spacial score (nSPS) is 23.5. The molecule has 2 atom stereocenters. The second-order valence-electron chi connectivity index (χ2n) is 6.25. The van der Waals surface area contributed by atoms with E-state index in [1.165, 1.54) is 12.1 Å². The monoisotopic (exact) mass is 338 g/mol. The molecule has 2 aromatic heterocycles. The van der Waals surface area contributed by atoms with E-state index in [-0.39, 0.29) is 11.7 Å². The van der Waals surface area contributed by atoms with Gasteiger partial charge < -0.3 is 15.6 Å². The van der Waals surface area contributed by atoms with Crippen LogP contribution in [-0.4, -0.2) is 32.6 Å². The number of rotatable bonds is 3. The molecule has 1 aliphatic heterocycles. The number of hydrogen-bond acceptors (Lipinski definition) is 5. The molecule has 3 N–H and O–H groups in total. The summed E-state index contributed by atoms with van der Waals surface area (Å²) in [5.74, 6) is 0.791. The first-order valence-corrected chi connectivity index (χ1v) is 8.24. The van der Waals surface area contributed by atoms with Gasteiger partial charge in [-0.3, -0.25) is 0 Å². The van der Waals surface area contributed by atoms with Crippen molar-refractivity contribution in [2.24, 2.45) is 0 Å². The van der Waals surface area contributed by atoms with Gasteiger partial charge in [-0.2, -0.15) is 0 Å². The lowest BCUT2D eigenvalue weighted by molar-refractivity contribution is 0.211. The lowest BCUT2D eigenvalue weighted by atomic mass is 9.72. The van der Waals surface area contributed by atoms with Gasteiger partial charge in [-0.1, -0.05) is 12.1 Å². The third-order valence-corrected chi connectivity index (χ3v) is 4.92. The van der Waals surface area contributed by atoms with Gasteiger partial charge >= 0.3 is 0 Å². The Morgan fingerprint density at radius 1 is 1.20 bits per heavy atom. The van der Waals surface area contributed by atoms with Crippen LogP contribution in [-0.2, 0) is 5.54 Å². The predicted octanol–water partition coefficient (Wildman–Crippen LogP) is 1.92. The average Bonchev–Trinajstić information content (AvgIpc) is 3.17. The van der Waals surface area contributed by atoms with Gasteiger partial charge in [0.15, 0.2) is 0 Å². The van der Waals surface area contributed by atoms with Crippen molar-refractivity contribution in [3.63, 3.8) is 0 Å². The number of nitrogens with two attached hydrogens (primary N) is 1. The molecule has 3 aromatic rings. The Kier molecular flexibility index (Phi) is 3.93. The Morgan fingerprint density at radius 3 is 2.76 bits per heavy atom. The summed E-state index contributed by atoms with van der Waals surface area (Å²) in [6.45, 7) is 1.52. The highest BCUT2D eigenvalue weighted by Crippen LogP contribution is 2.43. The van der Waals surface area contributed by atoms with Gasteiger partial charge in [0.1, 0.15) is 17.5 Å². The lowest BCUT2D eigenvalue weighted by Crippen LogP contribution is -2.51. The lowest BCUT2D eigenvalue weighted by Gasteiger charge is -2.45. The van der Waals surface area contributed by atoms with Crippen LogP contribution < -0.4 is 11.1 Å².